The molecule has 10 heteroatoms. The van der Waals surface area contributed by atoms with Crippen LogP contribution in [-0.2, 0) is 14.3 Å². The Balaban J connectivity index is 2.54. The number of nitrogens with zero attached hydrogens (tertiary/aromatic N) is 3. The minimum Gasteiger partial charge on any atom is -0.394 e. The van der Waals surface area contributed by atoms with E-state index >= 15 is 0 Å². The standard InChI is InChI=1S/C17H32N4O6/c1-2-3-4-5-6-7-8-13(23)20-14-16(25)15(24)12(11-22)27-17(14)26-10-9-19-21-18/h12,14-17,22,24-25H,2-11H2,1H3,(H,20,23)/t12-,14-,15-,16-,17-/m1/s1. The van der Waals surface area contributed by atoms with Gasteiger partial charge in [-0.25, -0.2) is 0 Å². The molecule has 0 unspecified atom stereocenters. The first kappa shape index (κ1) is 23.6. The van der Waals surface area contributed by atoms with E-state index in [0.717, 1.165) is 32.1 Å². The molecule has 1 heterocycles. The van der Waals surface area contributed by atoms with E-state index in [1.165, 1.54) is 6.42 Å². The van der Waals surface area contributed by atoms with Gasteiger partial charge in [0.2, 0.25) is 5.91 Å². The molecule has 1 fully saturated rings. The van der Waals surface area contributed by atoms with Gasteiger partial charge in [-0.05, 0) is 12.0 Å². The van der Waals surface area contributed by atoms with Crippen LogP contribution in [0.25, 0.3) is 10.4 Å². The van der Waals surface area contributed by atoms with Crippen LogP contribution in [0.3, 0.4) is 0 Å². The molecule has 1 amide bonds. The molecule has 0 aromatic rings. The van der Waals surface area contributed by atoms with E-state index in [4.69, 9.17) is 15.0 Å². The van der Waals surface area contributed by atoms with Crippen LogP contribution in [0.1, 0.15) is 51.9 Å². The van der Waals surface area contributed by atoms with Crippen molar-refractivity contribution < 1.29 is 29.6 Å². The van der Waals surface area contributed by atoms with Gasteiger partial charge in [0.15, 0.2) is 6.29 Å². The number of nitrogens with one attached hydrogen (secondary N) is 1. The van der Waals surface area contributed by atoms with Crippen molar-refractivity contribution in [3.05, 3.63) is 10.4 Å². The molecule has 1 aliphatic heterocycles. The lowest BCUT2D eigenvalue weighted by Crippen LogP contribution is -2.64. The molecule has 0 aromatic carbocycles. The third-order valence-electron chi connectivity index (χ3n) is 4.50. The molecule has 0 saturated carbocycles. The van der Waals surface area contributed by atoms with E-state index in [0.29, 0.717) is 6.42 Å². The summed E-state index contributed by atoms with van der Waals surface area (Å²) in [5.74, 6) is -0.267. The first-order valence-electron chi connectivity index (χ1n) is 9.59. The molecule has 10 nitrogen and oxygen atoms in total. The number of amides is 1. The van der Waals surface area contributed by atoms with Gasteiger partial charge in [-0.3, -0.25) is 4.79 Å². The average molecular weight is 388 g/mol. The van der Waals surface area contributed by atoms with Crippen LogP contribution in [0.4, 0.5) is 0 Å². The highest BCUT2D eigenvalue weighted by Gasteiger charge is 2.45. The van der Waals surface area contributed by atoms with Crippen LogP contribution >= 0.6 is 0 Å². The van der Waals surface area contributed by atoms with Gasteiger partial charge in [0, 0.05) is 17.9 Å². The molecular formula is C17H32N4O6. The Morgan fingerprint density at radius 3 is 2.59 bits per heavy atom. The van der Waals surface area contributed by atoms with Crippen LogP contribution in [0.5, 0.6) is 0 Å². The normalized spacial score (nSPS) is 27.8. The molecule has 0 aromatic heterocycles. The summed E-state index contributed by atoms with van der Waals surface area (Å²) < 4.78 is 10.9. The van der Waals surface area contributed by atoms with Crippen LogP contribution in [-0.4, -0.2) is 71.6 Å². The van der Waals surface area contributed by atoms with Crippen LogP contribution < -0.4 is 5.32 Å². The highest BCUT2D eigenvalue weighted by atomic mass is 16.7. The number of carbonyl (C=O) groups excluding carboxylic acids is 1. The van der Waals surface area contributed by atoms with E-state index in [-0.39, 0.29) is 19.1 Å². The maximum absolute atomic E-state index is 12.2. The first-order valence-corrected chi connectivity index (χ1v) is 9.59. The number of aliphatic hydroxyl groups excluding tert-OH is 3. The summed E-state index contributed by atoms with van der Waals surface area (Å²) in [5, 5.41) is 35.6. The third-order valence-corrected chi connectivity index (χ3v) is 4.50. The molecule has 4 N–H and O–H groups in total. The molecule has 1 rings (SSSR count). The molecule has 0 aliphatic carbocycles. The number of unbranched alkanes of at least 4 members (excludes halogenated alkanes) is 5. The van der Waals surface area contributed by atoms with Crippen molar-refractivity contribution in [2.45, 2.75) is 82.5 Å². The minimum absolute atomic E-state index is 0.0134. The number of carbonyl (C=O) groups is 1. The number of rotatable bonds is 13. The number of hydrogen-bond acceptors (Lipinski definition) is 7. The summed E-state index contributed by atoms with van der Waals surface area (Å²) in [6, 6.07) is -0.985. The number of aliphatic hydroxyl groups is 3. The minimum atomic E-state index is -1.36. The SMILES string of the molecule is CCCCCCCCC(=O)N[C@H]1[C@H](OCCN=[N+]=[N-])O[C@H](CO)[C@@H](O)[C@@H]1O. The van der Waals surface area contributed by atoms with E-state index in [9.17, 15) is 20.1 Å². The van der Waals surface area contributed by atoms with Crippen molar-refractivity contribution in [2.24, 2.45) is 5.11 Å². The van der Waals surface area contributed by atoms with Gasteiger partial charge in [0.25, 0.3) is 0 Å². The van der Waals surface area contributed by atoms with Crippen molar-refractivity contribution >= 4 is 5.91 Å². The largest absolute Gasteiger partial charge is 0.394 e. The molecule has 1 saturated heterocycles. The summed E-state index contributed by atoms with van der Waals surface area (Å²) in [5.41, 5.74) is 8.29. The monoisotopic (exact) mass is 388 g/mol. The summed E-state index contributed by atoms with van der Waals surface area (Å²) in [6.07, 6.45) is 1.79. The van der Waals surface area contributed by atoms with E-state index in [1.54, 1.807) is 0 Å². The lowest BCUT2D eigenvalue weighted by atomic mass is 9.96. The predicted molar refractivity (Wildman–Crippen MR) is 97.6 cm³/mol. The highest BCUT2D eigenvalue weighted by Crippen LogP contribution is 2.22. The maximum atomic E-state index is 12.2. The Morgan fingerprint density at radius 1 is 1.22 bits per heavy atom. The number of hydrogen-bond donors (Lipinski definition) is 4. The quantitative estimate of drug-likeness (QED) is 0.159. The summed E-state index contributed by atoms with van der Waals surface area (Å²) in [7, 11) is 0. The Bertz CT molecular complexity index is 474. The van der Waals surface area contributed by atoms with Crippen molar-refractivity contribution in [3.63, 3.8) is 0 Å². The van der Waals surface area contributed by atoms with Gasteiger partial charge in [-0.2, -0.15) is 0 Å². The van der Waals surface area contributed by atoms with Crippen molar-refractivity contribution in [2.75, 3.05) is 19.8 Å². The molecule has 1 aliphatic rings. The second-order valence-electron chi connectivity index (χ2n) is 6.64. The van der Waals surface area contributed by atoms with E-state index in [2.05, 4.69) is 22.3 Å². The Morgan fingerprint density at radius 2 is 1.93 bits per heavy atom. The van der Waals surface area contributed by atoms with Crippen LogP contribution in [0, 0.1) is 0 Å². The zero-order valence-electron chi connectivity index (χ0n) is 15.9. The Hall–Kier alpha value is -1.42. The molecule has 5 atom stereocenters. The van der Waals surface area contributed by atoms with Crippen LogP contribution in [0.15, 0.2) is 5.11 Å². The predicted octanol–water partition coefficient (Wildman–Crippen LogP) is 0.988. The van der Waals surface area contributed by atoms with Gasteiger partial charge in [0.1, 0.15) is 24.4 Å². The third kappa shape index (κ3) is 8.42. The molecule has 0 radical (unpaired) electrons. The molecular weight excluding hydrogens is 356 g/mol. The van der Waals surface area contributed by atoms with Crippen LogP contribution in [0.2, 0.25) is 0 Å². The smallest absolute Gasteiger partial charge is 0.220 e. The second-order valence-corrected chi connectivity index (χ2v) is 6.64. The molecule has 27 heavy (non-hydrogen) atoms. The fourth-order valence-corrected chi connectivity index (χ4v) is 2.96. The van der Waals surface area contributed by atoms with E-state index in [1.807, 2.05) is 0 Å². The topological polar surface area (TPSA) is 157 Å². The van der Waals surface area contributed by atoms with Crippen molar-refractivity contribution in [3.8, 4) is 0 Å². The number of ether oxygens (including phenoxy) is 2. The first-order chi connectivity index (χ1) is 13.0. The lowest BCUT2D eigenvalue weighted by Gasteiger charge is -2.42. The fourth-order valence-electron chi connectivity index (χ4n) is 2.96. The van der Waals surface area contributed by atoms with Gasteiger partial charge in [-0.1, -0.05) is 44.1 Å². The fraction of sp³-hybridized carbons (Fsp3) is 0.941. The summed E-state index contributed by atoms with van der Waals surface area (Å²) in [4.78, 5) is 14.8. The zero-order valence-corrected chi connectivity index (χ0v) is 15.9. The maximum Gasteiger partial charge on any atom is 0.220 e. The molecule has 156 valence electrons. The Labute approximate surface area is 159 Å². The van der Waals surface area contributed by atoms with Gasteiger partial charge in [0.05, 0.1) is 13.2 Å². The van der Waals surface area contributed by atoms with Gasteiger partial charge < -0.3 is 30.1 Å². The summed E-state index contributed by atoms with van der Waals surface area (Å²) in [6.45, 7) is 1.70. The second kappa shape index (κ2) is 13.7. The van der Waals surface area contributed by atoms with E-state index < -0.39 is 37.3 Å². The lowest BCUT2D eigenvalue weighted by molar-refractivity contribution is -0.269. The zero-order chi connectivity index (χ0) is 20.1. The highest BCUT2D eigenvalue weighted by molar-refractivity contribution is 5.76. The Kier molecular flexibility index (Phi) is 12.0. The summed E-state index contributed by atoms with van der Waals surface area (Å²) >= 11 is 0. The average Bonchev–Trinajstić information content (AvgIpc) is 2.66. The van der Waals surface area contributed by atoms with Crippen molar-refractivity contribution in [1.29, 1.82) is 0 Å². The van der Waals surface area contributed by atoms with Gasteiger partial charge >= 0.3 is 0 Å². The molecule has 0 spiro atoms. The van der Waals surface area contributed by atoms with Crippen molar-refractivity contribution in [1.82, 2.24) is 5.32 Å². The van der Waals surface area contributed by atoms with Gasteiger partial charge in [-0.15, -0.1) is 0 Å². The number of azide groups is 1. The molecule has 0 bridgehead atoms.